The van der Waals surface area contributed by atoms with Gasteiger partial charge < -0.3 is 5.32 Å². The van der Waals surface area contributed by atoms with E-state index in [4.69, 9.17) is 0 Å². The molecule has 0 bridgehead atoms. The maximum atomic E-state index is 11.2. The van der Waals surface area contributed by atoms with Gasteiger partial charge in [0.2, 0.25) is 5.91 Å². The Morgan fingerprint density at radius 2 is 2.46 bits per heavy atom. The molecule has 2 atom stereocenters. The molecule has 74 valence electrons. The van der Waals surface area contributed by atoms with Crippen LogP contribution in [0, 0.1) is 11.3 Å². The van der Waals surface area contributed by atoms with E-state index in [2.05, 4.69) is 24.0 Å². The van der Waals surface area contributed by atoms with E-state index in [0.717, 1.165) is 18.9 Å². The minimum atomic E-state index is 0.248. The van der Waals surface area contributed by atoms with E-state index in [1.807, 2.05) is 0 Å². The highest BCUT2D eigenvalue weighted by Gasteiger charge is 2.41. The van der Waals surface area contributed by atoms with Crippen LogP contribution in [0.25, 0.3) is 0 Å². The topological polar surface area (TPSA) is 29.1 Å². The van der Waals surface area contributed by atoms with Crippen LogP contribution < -0.4 is 5.32 Å². The third-order valence-electron chi connectivity index (χ3n) is 3.40. The summed E-state index contributed by atoms with van der Waals surface area (Å²) >= 11 is 2.05. The lowest BCUT2D eigenvalue weighted by Crippen LogP contribution is -2.33. The summed E-state index contributed by atoms with van der Waals surface area (Å²) in [6.45, 7) is 3.17. The van der Waals surface area contributed by atoms with Gasteiger partial charge in [0, 0.05) is 13.0 Å². The average Bonchev–Trinajstić information content (AvgIpc) is 2.49. The van der Waals surface area contributed by atoms with Gasteiger partial charge in [-0.15, -0.1) is 0 Å². The van der Waals surface area contributed by atoms with Gasteiger partial charge in [-0.1, -0.05) is 6.92 Å². The Morgan fingerprint density at radius 3 is 3.00 bits per heavy atom. The zero-order valence-corrected chi connectivity index (χ0v) is 8.95. The molecule has 2 aliphatic rings. The fraction of sp³-hybridized carbons (Fsp3) is 0.900. The summed E-state index contributed by atoms with van der Waals surface area (Å²) in [6, 6.07) is 0. The van der Waals surface area contributed by atoms with Gasteiger partial charge in [0.1, 0.15) is 0 Å². The smallest absolute Gasteiger partial charge is 0.220 e. The number of nitrogens with one attached hydrogen (secondary N) is 1. The highest BCUT2D eigenvalue weighted by molar-refractivity contribution is 7.99. The van der Waals surface area contributed by atoms with Crippen molar-refractivity contribution >= 4 is 17.7 Å². The van der Waals surface area contributed by atoms with E-state index >= 15 is 0 Å². The molecule has 2 heterocycles. The van der Waals surface area contributed by atoms with Crippen molar-refractivity contribution < 1.29 is 4.79 Å². The quantitative estimate of drug-likeness (QED) is 0.696. The van der Waals surface area contributed by atoms with E-state index in [1.165, 1.54) is 24.3 Å². The molecule has 2 aliphatic heterocycles. The van der Waals surface area contributed by atoms with Crippen molar-refractivity contribution in [2.75, 3.05) is 18.1 Å². The third kappa shape index (κ3) is 1.85. The van der Waals surface area contributed by atoms with Crippen LogP contribution >= 0.6 is 11.8 Å². The molecule has 3 heteroatoms. The van der Waals surface area contributed by atoms with Crippen LogP contribution in [-0.4, -0.2) is 24.0 Å². The fourth-order valence-corrected chi connectivity index (χ4v) is 3.76. The second-order valence-corrected chi connectivity index (χ2v) is 5.67. The van der Waals surface area contributed by atoms with E-state index in [9.17, 15) is 4.79 Å². The number of hydrogen-bond donors (Lipinski definition) is 1. The van der Waals surface area contributed by atoms with Crippen molar-refractivity contribution in [2.45, 2.75) is 26.2 Å². The first kappa shape index (κ1) is 9.38. The predicted octanol–water partition coefficient (Wildman–Crippen LogP) is 1.66. The summed E-state index contributed by atoms with van der Waals surface area (Å²) in [5.74, 6) is 3.57. The Balaban J connectivity index is 2.01. The van der Waals surface area contributed by atoms with Gasteiger partial charge in [-0.05, 0) is 35.7 Å². The second-order valence-electron chi connectivity index (χ2n) is 4.52. The summed E-state index contributed by atoms with van der Waals surface area (Å²) in [7, 11) is 0. The van der Waals surface area contributed by atoms with Gasteiger partial charge in [0.15, 0.2) is 0 Å². The van der Waals surface area contributed by atoms with Crippen molar-refractivity contribution in [1.29, 1.82) is 0 Å². The zero-order valence-electron chi connectivity index (χ0n) is 8.14. The minimum absolute atomic E-state index is 0.248. The Morgan fingerprint density at radius 1 is 1.62 bits per heavy atom. The van der Waals surface area contributed by atoms with Crippen molar-refractivity contribution in [3.8, 4) is 0 Å². The number of hydrogen-bond acceptors (Lipinski definition) is 2. The fourth-order valence-electron chi connectivity index (χ4n) is 2.37. The standard InChI is InChI=1S/C10H17NOS/c1-10(5-9(12)11-7-10)8-3-2-4-13-6-8/h8H,2-7H2,1H3,(H,11,12). The highest BCUT2D eigenvalue weighted by Crippen LogP contribution is 2.41. The van der Waals surface area contributed by atoms with E-state index in [-0.39, 0.29) is 11.3 Å². The predicted molar refractivity (Wildman–Crippen MR) is 55.8 cm³/mol. The molecule has 2 rings (SSSR count). The Hall–Kier alpha value is -0.180. The first-order valence-electron chi connectivity index (χ1n) is 5.05. The lowest BCUT2D eigenvalue weighted by Gasteiger charge is -2.35. The van der Waals surface area contributed by atoms with Gasteiger partial charge in [-0.2, -0.15) is 11.8 Å². The van der Waals surface area contributed by atoms with Crippen LogP contribution in [0.15, 0.2) is 0 Å². The molecule has 0 aromatic rings. The van der Waals surface area contributed by atoms with Gasteiger partial charge >= 0.3 is 0 Å². The molecule has 0 spiro atoms. The Bertz CT molecular complexity index is 213. The maximum absolute atomic E-state index is 11.2. The molecular weight excluding hydrogens is 182 g/mol. The Labute approximate surface area is 83.8 Å². The van der Waals surface area contributed by atoms with Crippen molar-refractivity contribution in [2.24, 2.45) is 11.3 Å². The summed E-state index contributed by atoms with van der Waals surface area (Å²) in [6.07, 6.45) is 3.40. The van der Waals surface area contributed by atoms with Crippen molar-refractivity contribution in [3.63, 3.8) is 0 Å². The number of carbonyl (C=O) groups is 1. The van der Waals surface area contributed by atoms with E-state index in [0.29, 0.717) is 0 Å². The van der Waals surface area contributed by atoms with Gasteiger partial charge in [-0.25, -0.2) is 0 Å². The maximum Gasteiger partial charge on any atom is 0.220 e. The number of carbonyl (C=O) groups excluding carboxylic acids is 1. The van der Waals surface area contributed by atoms with Crippen LogP contribution in [0.1, 0.15) is 26.2 Å². The number of amides is 1. The first-order valence-corrected chi connectivity index (χ1v) is 6.21. The van der Waals surface area contributed by atoms with Crippen molar-refractivity contribution in [3.05, 3.63) is 0 Å². The molecule has 0 aliphatic carbocycles. The van der Waals surface area contributed by atoms with E-state index in [1.54, 1.807) is 0 Å². The molecule has 2 nitrogen and oxygen atoms in total. The van der Waals surface area contributed by atoms with Gasteiger partial charge in [0.05, 0.1) is 0 Å². The van der Waals surface area contributed by atoms with Crippen LogP contribution in [0.3, 0.4) is 0 Å². The highest BCUT2D eigenvalue weighted by atomic mass is 32.2. The molecular formula is C10H17NOS. The van der Waals surface area contributed by atoms with Crippen LogP contribution in [0.5, 0.6) is 0 Å². The largest absolute Gasteiger partial charge is 0.356 e. The molecule has 0 aromatic heterocycles. The molecule has 2 unspecified atom stereocenters. The molecule has 0 radical (unpaired) electrons. The first-order chi connectivity index (χ1) is 6.21. The minimum Gasteiger partial charge on any atom is -0.356 e. The average molecular weight is 199 g/mol. The van der Waals surface area contributed by atoms with Gasteiger partial charge in [-0.3, -0.25) is 4.79 Å². The van der Waals surface area contributed by atoms with Crippen LogP contribution in [-0.2, 0) is 4.79 Å². The van der Waals surface area contributed by atoms with Gasteiger partial charge in [0.25, 0.3) is 0 Å². The summed E-state index contributed by atoms with van der Waals surface area (Å²) in [4.78, 5) is 11.2. The molecule has 0 saturated carbocycles. The lowest BCUT2D eigenvalue weighted by molar-refractivity contribution is -0.119. The number of thioether (sulfide) groups is 1. The SMILES string of the molecule is CC1(C2CCCSC2)CNC(=O)C1. The molecule has 1 N–H and O–H groups in total. The second kappa shape index (κ2) is 3.52. The lowest BCUT2D eigenvalue weighted by atomic mass is 9.75. The Kier molecular flexibility index (Phi) is 2.54. The molecule has 2 fully saturated rings. The third-order valence-corrected chi connectivity index (χ3v) is 4.62. The van der Waals surface area contributed by atoms with Crippen molar-refractivity contribution in [1.82, 2.24) is 5.32 Å². The normalized spacial score (nSPS) is 40.4. The monoisotopic (exact) mass is 199 g/mol. The summed E-state index contributed by atoms with van der Waals surface area (Å²) < 4.78 is 0. The molecule has 1 amide bonds. The van der Waals surface area contributed by atoms with E-state index < -0.39 is 0 Å². The van der Waals surface area contributed by atoms with Crippen LogP contribution in [0.2, 0.25) is 0 Å². The molecule has 13 heavy (non-hydrogen) atoms. The zero-order chi connectivity index (χ0) is 9.31. The number of rotatable bonds is 1. The molecule has 2 saturated heterocycles. The molecule has 0 aromatic carbocycles. The summed E-state index contributed by atoms with van der Waals surface area (Å²) in [5, 5.41) is 2.96. The summed E-state index contributed by atoms with van der Waals surface area (Å²) in [5.41, 5.74) is 0.254. The van der Waals surface area contributed by atoms with Crippen LogP contribution in [0.4, 0.5) is 0 Å².